The molecule has 0 saturated carbocycles. The predicted molar refractivity (Wildman–Crippen MR) is 155 cm³/mol. The van der Waals surface area contributed by atoms with Crippen LogP contribution in [0.2, 0.25) is 0 Å². The van der Waals surface area contributed by atoms with Gasteiger partial charge >= 0.3 is 0 Å². The van der Waals surface area contributed by atoms with Crippen LogP contribution >= 0.6 is 0 Å². The molecule has 1 fully saturated rings. The number of rotatable bonds is 6. The molecule has 0 aliphatic carbocycles. The van der Waals surface area contributed by atoms with Gasteiger partial charge in [0.25, 0.3) is 11.8 Å². The largest absolute Gasteiger partial charge is 0.494 e. The number of hydrogen-bond acceptors (Lipinski definition) is 7. The molecule has 0 spiro atoms. The molecule has 2 aliphatic heterocycles. The molecule has 1 saturated heterocycles. The van der Waals surface area contributed by atoms with Crippen molar-refractivity contribution in [2.24, 2.45) is 0 Å². The number of amides is 3. The molecule has 2 atom stereocenters. The minimum Gasteiger partial charge on any atom is -0.494 e. The van der Waals surface area contributed by atoms with Crippen molar-refractivity contribution in [2.45, 2.75) is 38.0 Å². The van der Waals surface area contributed by atoms with E-state index in [0.717, 1.165) is 5.75 Å². The zero-order valence-electron chi connectivity index (χ0n) is 23.8. The summed E-state index contributed by atoms with van der Waals surface area (Å²) in [6.07, 6.45) is 0.701. The number of para-hydroxylation sites is 1. The van der Waals surface area contributed by atoms with Crippen molar-refractivity contribution in [3.63, 3.8) is 0 Å². The Morgan fingerprint density at radius 2 is 1.93 bits per heavy atom. The standard InChI is InChI=1S/C32H34FN3O7/c1-40-28-10-9-22-16-29(28)42-20-30(37)34-18-21-14-23(33)17-25(15-21)43-27-11-12-36(19-26(27)35-32(22)39)31(38)8-5-13-41-24-6-3-2-4-7-24/h2-4,6-7,9-10,14-17,26-27H,5,8,11-13,18-20H2,1H3,(H,34,37)(H,35,39)/t26-,27+/m0/s1. The van der Waals surface area contributed by atoms with Gasteiger partial charge in [-0.05, 0) is 54.4 Å². The maximum Gasteiger partial charge on any atom is 0.258 e. The summed E-state index contributed by atoms with van der Waals surface area (Å²) < 4.78 is 37.4. The number of halogens is 1. The van der Waals surface area contributed by atoms with Crippen molar-refractivity contribution < 1.29 is 37.7 Å². The molecule has 3 aromatic carbocycles. The molecule has 3 amide bonds. The van der Waals surface area contributed by atoms with Gasteiger partial charge in [-0.25, -0.2) is 4.39 Å². The molecule has 2 heterocycles. The van der Waals surface area contributed by atoms with Crippen LogP contribution in [0.3, 0.4) is 0 Å². The Hall–Kier alpha value is -4.80. The third-order valence-electron chi connectivity index (χ3n) is 7.26. The summed E-state index contributed by atoms with van der Waals surface area (Å²) in [6, 6.07) is 17.7. The Bertz CT molecular complexity index is 1450. The maximum atomic E-state index is 14.5. The highest BCUT2D eigenvalue weighted by Gasteiger charge is 2.34. The third kappa shape index (κ3) is 7.94. The summed E-state index contributed by atoms with van der Waals surface area (Å²) in [5, 5.41) is 5.70. The molecule has 226 valence electrons. The van der Waals surface area contributed by atoms with E-state index in [4.69, 9.17) is 18.9 Å². The van der Waals surface area contributed by atoms with E-state index in [1.807, 2.05) is 30.3 Å². The van der Waals surface area contributed by atoms with Crippen molar-refractivity contribution in [1.82, 2.24) is 15.5 Å². The first-order valence-electron chi connectivity index (χ1n) is 14.2. The second-order valence-corrected chi connectivity index (χ2v) is 10.4. The van der Waals surface area contributed by atoms with E-state index >= 15 is 0 Å². The number of carbonyl (C=O) groups is 3. The second kappa shape index (κ2) is 13.9. The number of likely N-dealkylation sites (tertiary alicyclic amines) is 1. The first kappa shape index (κ1) is 29.7. The van der Waals surface area contributed by atoms with E-state index < -0.39 is 29.8 Å². The maximum absolute atomic E-state index is 14.5. The fourth-order valence-corrected chi connectivity index (χ4v) is 5.07. The molecule has 0 radical (unpaired) electrons. The lowest BCUT2D eigenvalue weighted by Gasteiger charge is -2.39. The summed E-state index contributed by atoms with van der Waals surface area (Å²) in [6.45, 7) is 0.757. The van der Waals surface area contributed by atoms with Gasteiger partial charge < -0.3 is 34.5 Å². The number of ether oxygens (including phenoxy) is 4. The van der Waals surface area contributed by atoms with Gasteiger partial charge in [0, 0.05) is 44.1 Å². The first-order chi connectivity index (χ1) is 20.9. The molecule has 3 aromatic rings. The average Bonchev–Trinajstić information content (AvgIpc) is 3.01. The van der Waals surface area contributed by atoms with Gasteiger partial charge in [0.2, 0.25) is 5.91 Å². The summed E-state index contributed by atoms with van der Waals surface area (Å²) in [7, 11) is 1.46. The predicted octanol–water partition coefficient (Wildman–Crippen LogP) is 3.48. The number of piperidine rings is 1. The Labute approximate surface area is 249 Å². The lowest BCUT2D eigenvalue weighted by atomic mass is 10.00. The SMILES string of the molecule is COc1ccc2cc1OCC(=O)NCc1cc(F)cc(c1)O[C@@H]1CCN(C(=O)CCCOc3ccccc3)C[C@@H]1NC2=O. The van der Waals surface area contributed by atoms with Crippen LogP contribution in [-0.4, -0.2) is 68.2 Å². The molecule has 2 aliphatic rings. The minimum absolute atomic E-state index is 0.0552. The highest BCUT2D eigenvalue weighted by molar-refractivity contribution is 5.95. The monoisotopic (exact) mass is 591 g/mol. The molecule has 0 unspecified atom stereocenters. The highest BCUT2D eigenvalue weighted by Crippen LogP contribution is 2.29. The second-order valence-electron chi connectivity index (χ2n) is 10.4. The normalized spacial score (nSPS) is 18.7. The zero-order valence-corrected chi connectivity index (χ0v) is 23.8. The van der Waals surface area contributed by atoms with Crippen LogP contribution < -0.4 is 29.6 Å². The Balaban J connectivity index is 1.33. The van der Waals surface area contributed by atoms with Crippen LogP contribution in [0.25, 0.3) is 0 Å². The van der Waals surface area contributed by atoms with Crippen LogP contribution in [0.5, 0.6) is 23.0 Å². The van der Waals surface area contributed by atoms with Gasteiger partial charge in [0.1, 0.15) is 23.4 Å². The van der Waals surface area contributed by atoms with E-state index in [-0.39, 0.29) is 49.1 Å². The average molecular weight is 592 g/mol. The number of fused-ring (bicyclic) bond motifs is 5. The lowest BCUT2D eigenvalue weighted by Crippen LogP contribution is -2.58. The van der Waals surface area contributed by atoms with Crippen LogP contribution in [-0.2, 0) is 16.1 Å². The Morgan fingerprint density at radius 3 is 2.74 bits per heavy atom. The topological polar surface area (TPSA) is 115 Å². The number of hydrogen-bond donors (Lipinski definition) is 2. The molecule has 0 aromatic heterocycles. The van der Waals surface area contributed by atoms with Crippen LogP contribution in [0, 0.1) is 5.82 Å². The highest BCUT2D eigenvalue weighted by atomic mass is 19.1. The fourth-order valence-electron chi connectivity index (χ4n) is 5.07. The molecule has 4 bridgehead atoms. The number of benzene rings is 3. The van der Waals surface area contributed by atoms with Gasteiger partial charge in [0.15, 0.2) is 18.1 Å². The molecule has 2 N–H and O–H groups in total. The number of methoxy groups -OCH3 is 1. The number of nitrogens with one attached hydrogen (secondary N) is 2. The number of carbonyl (C=O) groups excluding carboxylic acids is 3. The molecule has 43 heavy (non-hydrogen) atoms. The Morgan fingerprint density at radius 1 is 1.09 bits per heavy atom. The summed E-state index contributed by atoms with van der Waals surface area (Å²) in [5.41, 5.74) is 0.776. The smallest absolute Gasteiger partial charge is 0.258 e. The van der Waals surface area contributed by atoms with Crippen LogP contribution in [0.4, 0.5) is 4.39 Å². The van der Waals surface area contributed by atoms with Crippen molar-refractivity contribution in [1.29, 1.82) is 0 Å². The van der Waals surface area contributed by atoms with Gasteiger partial charge in [-0.3, -0.25) is 14.4 Å². The number of nitrogens with zero attached hydrogens (tertiary/aromatic N) is 1. The van der Waals surface area contributed by atoms with Crippen LogP contribution in [0.15, 0.2) is 66.7 Å². The van der Waals surface area contributed by atoms with Crippen molar-refractivity contribution in [3.8, 4) is 23.0 Å². The van der Waals surface area contributed by atoms with E-state index in [2.05, 4.69) is 10.6 Å². The molecule has 11 heteroatoms. The van der Waals surface area contributed by atoms with Gasteiger partial charge in [-0.15, -0.1) is 0 Å². The van der Waals surface area contributed by atoms with Gasteiger partial charge in [-0.2, -0.15) is 0 Å². The molecule has 5 rings (SSSR count). The molecular formula is C32H34FN3O7. The summed E-state index contributed by atoms with van der Waals surface area (Å²) in [5.74, 6) is 0.152. The van der Waals surface area contributed by atoms with E-state index in [1.54, 1.807) is 23.1 Å². The third-order valence-corrected chi connectivity index (χ3v) is 7.26. The zero-order chi connectivity index (χ0) is 30.2. The van der Waals surface area contributed by atoms with E-state index in [9.17, 15) is 18.8 Å². The van der Waals surface area contributed by atoms with Crippen molar-refractivity contribution >= 4 is 17.7 Å². The van der Waals surface area contributed by atoms with E-state index in [0.29, 0.717) is 37.3 Å². The van der Waals surface area contributed by atoms with Gasteiger partial charge in [-0.1, -0.05) is 18.2 Å². The lowest BCUT2D eigenvalue weighted by molar-refractivity contribution is -0.134. The summed E-state index contributed by atoms with van der Waals surface area (Å²) in [4.78, 5) is 40.7. The summed E-state index contributed by atoms with van der Waals surface area (Å²) >= 11 is 0. The van der Waals surface area contributed by atoms with Crippen molar-refractivity contribution in [2.75, 3.05) is 33.4 Å². The Kier molecular flexibility index (Phi) is 9.60. The first-order valence-corrected chi connectivity index (χ1v) is 14.2. The van der Waals surface area contributed by atoms with Crippen LogP contribution in [0.1, 0.15) is 35.2 Å². The minimum atomic E-state index is -0.587. The fraction of sp³-hybridized carbons (Fsp3) is 0.344. The quantitative estimate of drug-likeness (QED) is 0.422. The van der Waals surface area contributed by atoms with Crippen molar-refractivity contribution in [3.05, 3.63) is 83.7 Å². The molecule has 10 nitrogen and oxygen atoms in total. The molecular weight excluding hydrogens is 557 g/mol. The van der Waals surface area contributed by atoms with E-state index in [1.165, 1.54) is 25.3 Å². The van der Waals surface area contributed by atoms with Gasteiger partial charge in [0.05, 0.1) is 19.8 Å².